The number of unbranched alkanes of at least 4 members (excludes halogenated alkanes) is 7. The second-order valence-corrected chi connectivity index (χ2v) is 8.75. The fourth-order valence-electron chi connectivity index (χ4n) is 3.53. The topological polar surface area (TPSA) is 117 Å². The van der Waals surface area contributed by atoms with E-state index in [-0.39, 0.29) is 18.5 Å². The van der Waals surface area contributed by atoms with E-state index in [0.717, 1.165) is 24.9 Å². The third-order valence-electron chi connectivity index (χ3n) is 5.80. The van der Waals surface area contributed by atoms with Crippen LogP contribution in [0.3, 0.4) is 0 Å². The molecule has 36 heavy (non-hydrogen) atoms. The van der Waals surface area contributed by atoms with Gasteiger partial charge in [0.15, 0.2) is 0 Å². The van der Waals surface area contributed by atoms with E-state index in [0.29, 0.717) is 11.7 Å². The maximum atomic E-state index is 11.8. The van der Waals surface area contributed by atoms with E-state index in [1.165, 1.54) is 56.9 Å². The highest BCUT2D eigenvalue weighted by molar-refractivity contribution is 5.82. The van der Waals surface area contributed by atoms with Crippen LogP contribution in [-0.2, 0) is 22.6 Å². The Morgan fingerprint density at radius 3 is 2.19 bits per heavy atom. The second-order valence-electron chi connectivity index (χ2n) is 8.75. The van der Waals surface area contributed by atoms with Crippen molar-refractivity contribution >= 4 is 11.9 Å². The maximum Gasteiger partial charge on any atom is 0.490 e. The Balaban J connectivity index is 0.000000572. The van der Waals surface area contributed by atoms with E-state index in [9.17, 15) is 18.0 Å². The highest BCUT2D eigenvalue weighted by Crippen LogP contribution is 2.18. The molecule has 2 heterocycles. The fraction of sp³-hybridized carbons (Fsp3) is 0.600. The summed E-state index contributed by atoms with van der Waals surface area (Å²) in [5.41, 5.74) is 2.29. The molecule has 8 nitrogen and oxygen atoms in total. The molecule has 1 atom stereocenters. The summed E-state index contributed by atoms with van der Waals surface area (Å²) in [5.74, 6) is -1.78. The van der Waals surface area contributed by atoms with Crippen molar-refractivity contribution in [1.82, 2.24) is 20.8 Å². The number of aryl methyl sites for hydroxylation is 1. The first-order chi connectivity index (χ1) is 17.2. The molecule has 1 aromatic carbocycles. The van der Waals surface area contributed by atoms with Crippen molar-refractivity contribution in [3.05, 3.63) is 35.7 Å². The number of hydrogen-bond donors (Lipinski definition) is 3. The van der Waals surface area contributed by atoms with Gasteiger partial charge < -0.3 is 20.3 Å². The van der Waals surface area contributed by atoms with Crippen molar-refractivity contribution in [2.24, 2.45) is 0 Å². The number of carboxylic acids is 1. The summed E-state index contributed by atoms with van der Waals surface area (Å²) >= 11 is 0. The minimum Gasteiger partial charge on any atom is -0.475 e. The lowest BCUT2D eigenvalue weighted by molar-refractivity contribution is -0.192. The summed E-state index contributed by atoms with van der Waals surface area (Å²) in [5, 5.41) is 17.1. The van der Waals surface area contributed by atoms with Crippen molar-refractivity contribution in [2.75, 3.05) is 6.54 Å². The first kappa shape index (κ1) is 29.3. The van der Waals surface area contributed by atoms with Gasteiger partial charge in [-0.25, -0.2) is 4.79 Å². The molecule has 11 heteroatoms. The number of aromatic nitrogens is 2. The minimum absolute atomic E-state index is 0.0127. The van der Waals surface area contributed by atoms with Gasteiger partial charge in [-0.3, -0.25) is 4.79 Å². The zero-order valence-electron chi connectivity index (χ0n) is 20.6. The standard InChI is InChI=1S/C23H34N4O2.C2HF3O2/c1-2-3-4-5-6-7-8-9-10-18-11-13-19(14-12-18)22-26-21(29-27-22)17-25-23(28)20-15-16-24-20;3-2(4,5)1(6)7/h11-14,20,24H,2-10,15-17H2,1H3,(H,25,28);(H,6,7)/t20-;/m0./s1. The SMILES string of the molecule is CCCCCCCCCCc1ccc(-c2noc(CNC(=O)[C@@H]3CCN3)n2)cc1.O=C(O)C(F)(F)F. The van der Waals surface area contributed by atoms with Crippen molar-refractivity contribution < 1.29 is 32.4 Å². The number of carbonyl (C=O) groups is 2. The zero-order chi connectivity index (χ0) is 26.4. The lowest BCUT2D eigenvalue weighted by atomic mass is 10.0. The highest BCUT2D eigenvalue weighted by atomic mass is 19.4. The lowest BCUT2D eigenvalue weighted by Gasteiger charge is -2.25. The number of nitrogens with one attached hydrogen (secondary N) is 2. The molecule has 0 bridgehead atoms. The van der Waals surface area contributed by atoms with Crippen LogP contribution in [0.2, 0.25) is 0 Å². The third-order valence-corrected chi connectivity index (χ3v) is 5.80. The van der Waals surface area contributed by atoms with Gasteiger partial charge in [-0.1, -0.05) is 81.3 Å². The number of aliphatic carboxylic acids is 1. The summed E-state index contributed by atoms with van der Waals surface area (Å²) in [6, 6.07) is 8.32. The molecule has 2 aromatic rings. The van der Waals surface area contributed by atoms with Crippen LogP contribution in [0.1, 0.15) is 76.2 Å². The Morgan fingerprint density at radius 1 is 1.08 bits per heavy atom. The van der Waals surface area contributed by atoms with E-state index in [1.54, 1.807) is 0 Å². The maximum absolute atomic E-state index is 11.8. The van der Waals surface area contributed by atoms with Gasteiger partial charge in [-0.2, -0.15) is 18.2 Å². The predicted molar refractivity (Wildman–Crippen MR) is 128 cm³/mol. The predicted octanol–water partition coefficient (Wildman–Crippen LogP) is 5.03. The van der Waals surface area contributed by atoms with E-state index < -0.39 is 12.1 Å². The normalized spacial score (nSPS) is 14.9. The van der Waals surface area contributed by atoms with Crippen LogP contribution >= 0.6 is 0 Å². The van der Waals surface area contributed by atoms with Crippen LogP contribution < -0.4 is 10.6 Å². The Kier molecular flexibility index (Phi) is 12.4. The van der Waals surface area contributed by atoms with Gasteiger partial charge in [0.2, 0.25) is 17.6 Å². The molecule has 1 aliphatic heterocycles. The van der Waals surface area contributed by atoms with Crippen LogP contribution in [0.15, 0.2) is 28.8 Å². The molecule has 3 rings (SSSR count). The molecule has 200 valence electrons. The molecule has 1 saturated heterocycles. The molecule has 0 unspecified atom stereocenters. The van der Waals surface area contributed by atoms with Gasteiger partial charge in [-0.05, 0) is 31.4 Å². The summed E-state index contributed by atoms with van der Waals surface area (Å²) < 4.78 is 37.0. The van der Waals surface area contributed by atoms with Gasteiger partial charge in [0.25, 0.3) is 0 Å². The minimum atomic E-state index is -5.08. The van der Waals surface area contributed by atoms with Crippen molar-refractivity contribution in [3.8, 4) is 11.4 Å². The number of halogens is 3. The smallest absolute Gasteiger partial charge is 0.475 e. The molecule has 0 radical (unpaired) electrons. The molecule has 0 saturated carbocycles. The Bertz CT molecular complexity index is 928. The molecule has 0 aliphatic carbocycles. The average molecular weight is 513 g/mol. The van der Waals surface area contributed by atoms with E-state index >= 15 is 0 Å². The third kappa shape index (κ3) is 10.8. The van der Waals surface area contributed by atoms with Crippen LogP contribution in [0.5, 0.6) is 0 Å². The first-order valence-corrected chi connectivity index (χ1v) is 12.4. The van der Waals surface area contributed by atoms with Crippen molar-refractivity contribution in [2.45, 2.75) is 89.9 Å². The Morgan fingerprint density at radius 2 is 1.67 bits per heavy atom. The Labute approximate surface area is 209 Å². The van der Waals surface area contributed by atoms with Gasteiger partial charge in [0.1, 0.15) is 0 Å². The highest BCUT2D eigenvalue weighted by Gasteiger charge is 2.38. The number of amides is 1. The van der Waals surface area contributed by atoms with Gasteiger partial charge in [0.05, 0.1) is 12.6 Å². The van der Waals surface area contributed by atoms with Gasteiger partial charge >= 0.3 is 12.1 Å². The molecular weight excluding hydrogens is 477 g/mol. The summed E-state index contributed by atoms with van der Waals surface area (Å²) in [6.45, 7) is 3.43. The lowest BCUT2D eigenvalue weighted by Crippen LogP contribution is -2.52. The number of benzene rings is 1. The van der Waals surface area contributed by atoms with E-state index in [4.69, 9.17) is 14.4 Å². The number of nitrogens with zero attached hydrogens (tertiary/aromatic N) is 2. The fourth-order valence-corrected chi connectivity index (χ4v) is 3.53. The van der Waals surface area contributed by atoms with Crippen LogP contribution in [0.25, 0.3) is 11.4 Å². The molecule has 0 spiro atoms. The number of alkyl halides is 3. The molecule has 1 aliphatic rings. The van der Waals surface area contributed by atoms with Gasteiger partial charge in [0, 0.05) is 5.56 Å². The first-order valence-electron chi connectivity index (χ1n) is 12.4. The molecule has 1 aromatic heterocycles. The quantitative estimate of drug-likeness (QED) is 0.322. The van der Waals surface area contributed by atoms with Crippen LogP contribution in [0.4, 0.5) is 13.2 Å². The van der Waals surface area contributed by atoms with E-state index in [2.05, 4.69) is 39.8 Å². The summed E-state index contributed by atoms with van der Waals surface area (Å²) in [7, 11) is 0. The molecule has 1 fully saturated rings. The molecule has 3 N–H and O–H groups in total. The van der Waals surface area contributed by atoms with Crippen molar-refractivity contribution in [3.63, 3.8) is 0 Å². The van der Waals surface area contributed by atoms with Gasteiger partial charge in [-0.15, -0.1) is 0 Å². The Hall–Kier alpha value is -2.95. The van der Waals surface area contributed by atoms with Crippen molar-refractivity contribution in [1.29, 1.82) is 0 Å². The number of carboxylic acid groups (broad SMARTS) is 1. The summed E-state index contributed by atoms with van der Waals surface area (Å²) in [4.78, 5) is 25.1. The second kappa shape index (κ2) is 15.2. The number of rotatable bonds is 13. The molecular formula is C25H35F3N4O4. The zero-order valence-corrected chi connectivity index (χ0v) is 20.6. The van der Waals surface area contributed by atoms with E-state index in [1.807, 2.05) is 12.1 Å². The van der Waals surface area contributed by atoms with Crippen LogP contribution in [-0.4, -0.2) is 45.9 Å². The largest absolute Gasteiger partial charge is 0.490 e. The number of hydrogen-bond acceptors (Lipinski definition) is 6. The number of carbonyl (C=O) groups excluding carboxylic acids is 1. The average Bonchev–Trinajstić information content (AvgIpc) is 3.28. The summed E-state index contributed by atoms with van der Waals surface area (Å²) in [6.07, 6.45) is 7.66. The molecule has 1 amide bonds. The monoisotopic (exact) mass is 512 g/mol. The van der Waals surface area contributed by atoms with Crippen LogP contribution in [0, 0.1) is 0 Å².